The molecule has 2 rings (SSSR count). The van der Waals surface area contributed by atoms with Crippen LogP contribution in [-0.2, 0) is 19.6 Å². The molecule has 0 bridgehead atoms. The zero-order valence-electron chi connectivity index (χ0n) is 12.9. The molecule has 1 aromatic rings. The van der Waals surface area contributed by atoms with Gasteiger partial charge in [-0.15, -0.1) is 0 Å². The molecule has 1 amide bonds. The second kappa shape index (κ2) is 7.21. The average Bonchev–Trinajstić information content (AvgIpc) is 2.97. The summed E-state index contributed by atoms with van der Waals surface area (Å²) in [6.45, 7) is 5.46. The summed E-state index contributed by atoms with van der Waals surface area (Å²) >= 11 is 0. The Morgan fingerprint density at radius 2 is 2.05 bits per heavy atom. The summed E-state index contributed by atoms with van der Waals surface area (Å²) in [5, 5.41) is 2.62. The lowest BCUT2D eigenvalue weighted by Crippen LogP contribution is -2.35. The molecule has 1 aromatic carbocycles. The Labute approximate surface area is 131 Å². The largest absolute Gasteiger partial charge is 0.381 e. The zero-order chi connectivity index (χ0) is 16.2. The van der Waals surface area contributed by atoms with Gasteiger partial charge in [-0.05, 0) is 36.6 Å². The number of nitrogens with zero attached hydrogens (tertiary/aromatic N) is 1. The normalized spacial score (nSPS) is 18.6. The van der Waals surface area contributed by atoms with Crippen molar-refractivity contribution in [2.24, 2.45) is 5.92 Å². The van der Waals surface area contributed by atoms with Gasteiger partial charge in [0.05, 0.1) is 11.5 Å². The van der Waals surface area contributed by atoms with Crippen LogP contribution in [0.2, 0.25) is 0 Å². The third-order valence-corrected chi connectivity index (χ3v) is 5.61. The highest BCUT2D eigenvalue weighted by Gasteiger charge is 2.27. The van der Waals surface area contributed by atoms with E-state index in [9.17, 15) is 13.2 Å². The summed E-state index contributed by atoms with van der Waals surface area (Å²) < 4.78 is 32.2. The molecule has 0 saturated carbocycles. The van der Waals surface area contributed by atoms with Crippen LogP contribution in [0, 0.1) is 5.92 Å². The molecule has 1 N–H and O–H groups in total. The number of amides is 1. The number of carbonyl (C=O) groups excluding carboxylic acids is 1. The van der Waals surface area contributed by atoms with Gasteiger partial charge in [0.15, 0.2) is 0 Å². The predicted octanol–water partition coefficient (Wildman–Crippen LogP) is 1.69. The molecule has 1 aliphatic rings. The van der Waals surface area contributed by atoms with Gasteiger partial charge in [-0.25, -0.2) is 8.42 Å². The summed E-state index contributed by atoms with van der Waals surface area (Å²) in [5.41, 5.74) is 0.582. The van der Waals surface area contributed by atoms with Gasteiger partial charge in [0.25, 0.3) is 0 Å². The Morgan fingerprint density at radius 3 is 2.55 bits per heavy atom. The van der Waals surface area contributed by atoms with Crippen molar-refractivity contribution in [3.63, 3.8) is 0 Å². The van der Waals surface area contributed by atoms with Crippen molar-refractivity contribution in [2.75, 3.05) is 31.6 Å². The molecule has 1 atom stereocenters. The summed E-state index contributed by atoms with van der Waals surface area (Å²) in [5.74, 6) is 0.0698. The van der Waals surface area contributed by atoms with Crippen LogP contribution in [0.15, 0.2) is 29.2 Å². The third kappa shape index (κ3) is 4.06. The van der Waals surface area contributed by atoms with Crippen molar-refractivity contribution < 1.29 is 17.9 Å². The zero-order valence-corrected chi connectivity index (χ0v) is 13.7. The van der Waals surface area contributed by atoms with E-state index < -0.39 is 10.0 Å². The van der Waals surface area contributed by atoms with Gasteiger partial charge in [-0.3, -0.25) is 4.79 Å². The van der Waals surface area contributed by atoms with Gasteiger partial charge in [0.2, 0.25) is 15.9 Å². The molecule has 1 aliphatic heterocycles. The Hall–Kier alpha value is -1.44. The number of carbonyl (C=O) groups is 1. The molecule has 22 heavy (non-hydrogen) atoms. The standard InChI is InChI=1S/C15H22N2O4S/c1-3-17(10-13-8-9-21-11-13)22(19,20)15-6-4-14(5-7-15)16-12(2)18/h4-7,13H,3,8-11H2,1-2H3,(H,16,18)/t13-/m0/s1. The highest BCUT2D eigenvalue weighted by molar-refractivity contribution is 7.89. The van der Waals surface area contributed by atoms with E-state index in [0.717, 1.165) is 6.42 Å². The molecule has 1 fully saturated rings. The quantitative estimate of drug-likeness (QED) is 0.863. The van der Waals surface area contributed by atoms with Crippen molar-refractivity contribution in [3.05, 3.63) is 24.3 Å². The van der Waals surface area contributed by atoms with Crippen LogP contribution < -0.4 is 5.32 Å². The van der Waals surface area contributed by atoms with Crippen molar-refractivity contribution in [3.8, 4) is 0 Å². The van der Waals surface area contributed by atoms with E-state index in [1.807, 2.05) is 6.92 Å². The number of ether oxygens (including phenoxy) is 1. The maximum atomic E-state index is 12.7. The maximum absolute atomic E-state index is 12.7. The van der Waals surface area contributed by atoms with Crippen molar-refractivity contribution in [1.82, 2.24) is 4.31 Å². The highest BCUT2D eigenvalue weighted by Crippen LogP contribution is 2.22. The van der Waals surface area contributed by atoms with Gasteiger partial charge >= 0.3 is 0 Å². The smallest absolute Gasteiger partial charge is 0.243 e. The van der Waals surface area contributed by atoms with Crippen LogP contribution in [0.4, 0.5) is 5.69 Å². The first-order valence-electron chi connectivity index (χ1n) is 7.39. The fraction of sp³-hybridized carbons (Fsp3) is 0.533. The average molecular weight is 326 g/mol. The third-order valence-electron chi connectivity index (χ3n) is 3.65. The number of nitrogens with one attached hydrogen (secondary N) is 1. The summed E-state index contributed by atoms with van der Waals surface area (Å²) in [6.07, 6.45) is 0.896. The van der Waals surface area contributed by atoms with Crippen LogP contribution in [0.5, 0.6) is 0 Å². The summed E-state index contributed by atoms with van der Waals surface area (Å²) in [6, 6.07) is 6.24. The van der Waals surface area contributed by atoms with E-state index >= 15 is 0 Å². The second-order valence-corrected chi connectivity index (χ2v) is 7.33. The van der Waals surface area contributed by atoms with E-state index in [1.54, 1.807) is 12.1 Å². The van der Waals surface area contributed by atoms with Gasteiger partial charge in [-0.2, -0.15) is 4.31 Å². The van der Waals surface area contributed by atoms with Crippen molar-refractivity contribution >= 4 is 21.6 Å². The van der Waals surface area contributed by atoms with Crippen LogP contribution in [0.3, 0.4) is 0 Å². The number of benzene rings is 1. The molecule has 0 aliphatic carbocycles. The number of hydrogen-bond donors (Lipinski definition) is 1. The Bertz CT molecular complexity index is 607. The molecule has 1 heterocycles. The number of rotatable bonds is 6. The van der Waals surface area contributed by atoms with E-state index in [4.69, 9.17) is 4.74 Å². The van der Waals surface area contributed by atoms with Crippen LogP contribution in [0.25, 0.3) is 0 Å². The molecule has 122 valence electrons. The number of hydrogen-bond acceptors (Lipinski definition) is 4. The van der Waals surface area contributed by atoms with Crippen LogP contribution in [-0.4, -0.2) is 44.9 Å². The van der Waals surface area contributed by atoms with Crippen molar-refractivity contribution in [2.45, 2.75) is 25.2 Å². The molecule has 0 unspecified atom stereocenters. The highest BCUT2D eigenvalue weighted by atomic mass is 32.2. The van der Waals surface area contributed by atoms with Gasteiger partial charge in [-0.1, -0.05) is 6.92 Å². The summed E-state index contributed by atoms with van der Waals surface area (Å²) in [7, 11) is -3.52. The monoisotopic (exact) mass is 326 g/mol. The van der Waals surface area contributed by atoms with E-state index in [-0.39, 0.29) is 16.7 Å². The lowest BCUT2D eigenvalue weighted by molar-refractivity contribution is -0.114. The van der Waals surface area contributed by atoms with Gasteiger partial charge in [0.1, 0.15) is 0 Å². The van der Waals surface area contributed by atoms with E-state index in [1.165, 1.54) is 23.4 Å². The topological polar surface area (TPSA) is 75.7 Å². The first-order chi connectivity index (χ1) is 10.4. The maximum Gasteiger partial charge on any atom is 0.243 e. The molecular formula is C15H22N2O4S. The fourth-order valence-electron chi connectivity index (χ4n) is 2.48. The number of sulfonamides is 1. The Balaban J connectivity index is 2.14. The van der Waals surface area contributed by atoms with E-state index in [0.29, 0.717) is 32.0 Å². The summed E-state index contributed by atoms with van der Waals surface area (Å²) in [4.78, 5) is 11.2. The lowest BCUT2D eigenvalue weighted by atomic mass is 10.1. The van der Waals surface area contributed by atoms with Crippen molar-refractivity contribution in [1.29, 1.82) is 0 Å². The predicted molar refractivity (Wildman–Crippen MR) is 84.1 cm³/mol. The molecular weight excluding hydrogens is 304 g/mol. The first kappa shape index (κ1) is 16.9. The first-order valence-corrected chi connectivity index (χ1v) is 8.83. The molecule has 6 nitrogen and oxygen atoms in total. The Morgan fingerprint density at radius 1 is 1.36 bits per heavy atom. The SMILES string of the molecule is CCN(C[C@@H]1CCOC1)S(=O)(=O)c1ccc(NC(C)=O)cc1. The van der Waals surface area contributed by atoms with E-state index in [2.05, 4.69) is 5.32 Å². The minimum atomic E-state index is -3.52. The second-order valence-electron chi connectivity index (χ2n) is 5.39. The minimum Gasteiger partial charge on any atom is -0.381 e. The van der Waals surface area contributed by atoms with Crippen LogP contribution >= 0.6 is 0 Å². The van der Waals surface area contributed by atoms with Crippen LogP contribution in [0.1, 0.15) is 20.3 Å². The molecule has 0 aromatic heterocycles. The Kier molecular flexibility index (Phi) is 5.55. The fourth-order valence-corrected chi connectivity index (χ4v) is 4.00. The molecule has 0 spiro atoms. The van der Waals surface area contributed by atoms with Gasteiger partial charge in [0, 0.05) is 32.3 Å². The number of anilines is 1. The molecule has 1 saturated heterocycles. The van der Waals surface area contributed by atoms with Gasteiger partial charge < -0.3 is 10.1 Å². The minimum absolute atomic E-state index is 0.188. The molecule has 0 radical (unpaired) electrons. The lowest BCUT2D eigenvalue weighted by Gasteiger charge is -2.23. The molecule has 7 heteroatoms.